The largest absolute Gasteiger partial charge is 0.466 e. The van der Waals surface area contributed by atoms with Crippen LogP contribution in [-0.4, -0.2) is 23.8 Å². The third-order valence-corrected chi connectivity index (χ3v) is 7.28. The maximum atomic E-state index is 11.7. The van der Waals surface area contributed by atoms with E-state index in [1.165, 1.54) is 19.3 Å². The molecule has 0 aromatic carbocycles. The van der Waals surface area contributed by atoms with Crippen LogP contribution < -0.4 is 0 Å². The lowest BCUT2D eigenvalue weighted by Crippen LogP contribution is -2.44. The van der Waals surface area contributed by atoms with E-state index in [2.05, 4.69) is 27.7 Å². The minimum Gasteiger partial charge on any atom is -0.466 e. The van der Waals surface area contributed by atoms with E-state index in [0.717, 1.165) is 19.3 Å². The van der Waals surface area contributed by atoms with Gasteiger partial charge in [0, 0.05) is 6.42 Å². The average molecular weight is 325 g/mol. The number of aliphatic hydroxyl groups excluding tert-OH is 1. The number of ether oxygens (including phenoxy) is 1. The predicted octanol–water partition coefficient (Wildman–Crippen LogP) is 4.57. The molecule has 0 radical (unpaired) electrons. The maximum absolute atomic E-state index is 11.7. The molecule has 1 N–H and O–H groups in total. The molecular weight excluding hydrogens is 288 g/mol. The van der Waals surface area contributed by atoms with E-state index in [1.807, 2.05) is 6.92 Å². The van der Waals surface area contributed by atoms with Crippen LogP contribution in [0.5, 0.6) is 0 Å². The molecule has 2 saturated carbocycles. The summed E-state index contributed by atoms with van der Waals surface area (Å²) >= 11 is 0. The molecule has 2 fully saturated rings. The summed E-state index contributed by atoms with van der Waals surface area (Å²) in [5.41, 5.74) is 0.399. The molecule has 0 aromatic rings. The fourth-order valence-corrected chi connectivity index (χ4v) is 5.44. The van der Waals surface area contributed by atoms with E-state index in [9.17, 15) is 9.90 Å². The molecule has 2 rings (SSSR count). The van der Waals surface area contributed by atoms with Crippen molar-refractivity contribution in [2.45, 2.75) is 85.7 Å². The van der Waals surface area contributed by atoms with Crippen LogP contribution in [0.1, 0.15) is 79.6 Å². The van der Waals surface area contributed by atoms with Gasteiger partial charge in [0.05, 0.1) is 12.7 Å². The lowest BCUT2D eigenvalue weighted by atomic mass is 9.57. The van der Waals surface area contributed by atoms with Crippen molar-refractivity contribution in [1.82, 2.24) is 0 Å². The Morgan fingerprint density at radius 3 is 2.70 bits per heavy atom. The number of aliphatic hydroxyl groups is 1. The van der Waals surface area contributed by atoms with Gasteiger partial charge in [0.25, 0.3) is 0 Å². The molecule has 0 amide bonds. The SMILES string of the molecule is CCOC(=O)CCC(C)(C)[C@@H](C)[C@H]1CC[C@H]2[C@@H](O)CCC[C@]12C. The lowest BCUT2D eigenvalue weighted by Gasteiger charge is -2.48. The summed E-state index contributed by atoms with van der Waals surface area (Å²) in [6.45, 7) is 11.7. The van der Waals surface area contributed by atoms with Gasteiger partial charge in [-0.3, -0.25) is 4.79 Å². The first kappa shape index (κ1) is 18.8. The van der Waals surface area contributed by atoms with Crippen molar-refractivity contribution in [3.63, 3.8) is 0 Å². The van der Waals surface area contributed by atoms with Crippen molar-refractivity contribution < 1.29 is 14.6 Å². The molecule has 2 aliphatic rings. The Labute approximate surface area is 142 Å². The normalized spacial score (nSPS) is 35.7. The molecule has 0 spiro atoms. The quantitative estimate of drug-likeness (QED) is 0.728. The Bertz CT molecular complexity index is 417. The zero-order valence-electron chi connectivity index (χ0n) is 15.7. The third-order valence-electron chi connectivity index (χ3n) is 7.28. The second kappa shape index (κ2) is 7.13. The molecule has 23 heavy (non-hydrogen) atoms. The highest BCUT2D eigenvalue weighted by molar-refractivity contribution is 5.69. The fourth-order valence-electron chi connectivity index (χ4n) is 5.44. The third kappa shape index (κ3) is 3.75. The number of carbonyl (C=O) groups is 1. The molecule has 0 saturated heterocycles. The summed E-state index contributed by atoms with van der Waals surface area (Å²) in [5, 5.41) is 10.4. The molecule has 0 aliphatic heterocycles. The van der Waals surface area contributed by atoms with Crippen molar-refractivity contribution in [2.24, 2.45) is 28.6 Å². The van der Waals surface area contributed by atoms with E-state index >= 15 is 0 Å². The minimum absolute atomic E-state index is 0.0728. The van der Waals surface area contributed by atoms with E-state index in [4.69, 9.17) is 4.74 Å². The van der Waals surface area contributed by atoms with Crippen LogP contribution in [0.3, 0.4) is 0 Å². The van der Waals surface area contributed by atoms with Gasteiger partial charge in [0.2, 0.25) is 0 Å². The number of hydrogen-bond donors (Lipinski definition) is 1. The Hall–Kier alpha value is -0.570. The second-order valence-electron chi connectivity index (χ2n) is 8.84. The molecule has 3 heteroatoms. The summed E-state index contributed by atoms with van der Waals surface area (Å²) < 4.78 is 5.09. The number of carbonyl (C=O) groups excluding carboxylic acids is 1. The zero-order valence-corrected chi connectivity index (χ0v) is 15.7. The fraction of sp³-hybridized carbons (Fsp3) is 0.950. The smallest absolute Gasteiger partial charge is 0.305 e. The highest BCUT2D eigenvalue weighted by atomic mass is 16.5. The summed E-state index contributed by atoms with van der Waals surface area (Å²) in [7, 11) is 0. The van der Waals surface area contributed by atoms with E-state index in [0.29, 0.717) is 30.8 Å². The van der Waals surface area contributed by atoms with Crippen LogP contribution in [0.4, 0.5) is 0 Å². The van der Waals surface area contributed by atoms with Crippen LogP contribution in [-0.2, 0) is 9.53 Å². The first-order chi connectivity index (χ1) is 10.7. The van der Waals surface area contributed by atoms with Crippen LogP contribution >= 0.6 is 0 Å². The van der Waals surface area contributed by atoms with Crippen LogP contribution in [0, 0.1) is 28.6 Å². The number of fused-ring (bicyclic) bond motifs is 1. The summed E-state index contributed by atoms with van der Waals surface area (Å²) in [6, 6.07) is 0. The number of rotatable bonds is 6. The van der Waals surface area contributed by atoms with Gasteiger partial charge in [-0.05, 0) is 67.6 Å². The van der Waals surface area contributed by atoms with E-state index in [-0.39, 0.29) is 22.9 Å². The first-order valence-corrected chi connectivity index (χ1v) is 9.56. The monoisotopic (exact) mass is 324 g/mol. The van der Waals surface area contributed by atoms with Crippen molar-refractivity contribution in [1.29, 1.82) is 0 Å². The molecule has 0 aromatic heterocycles. The minimum atomic E-state index is -0.103. The molecule has 2 aliphatic carbocycles. The van der Waals surface area contributed by atoms with Gasteiger partial charge in [-0.2, -0.15) is 0 Å². The van der Waals surface area contributed by atoms with Gasteiger partial charge in [-0.15, -0.1) is 0 Å². The summed E-state index contributed by atoms with van der Waals surface area (Å²) in [4.78, 5) is 11.7. The molecular formula is C20H36O3. The van der Waals surface area contributed by atoms with Crippen molar-refractivity contribution in [3.8, 4) is 0 Å². The molecule has 0 heterocycles. The predicted molar refractivity (Wildman–Crippen MR) is 93.0 cm³/mol. The van der Waals surface area contributed by atoms with Gasteiger partial charge >= 0.3 is 5.97 Å². The van der Waals surface area contributed by atoms with Crippen LogP contribution in [0.15, 0.2) is 0 Å². The van der Waals surface area contributed by atoms with Gasteiger partial charge in [0.15, 0.2) is 0 Å². The lowest BCUT2D eigenvalue weighted by molar-refractivity contribution is -0.144. The maximum Gasteiger partial charge on any atom is 0.305 e. The second-order valence-corrected chi connectivity index (χ2v) is 8.84. The van der Waals surface area contributed by atoms with E-state index < -0.39 is 0 Å². The van der Waals surface area contributed by atoms with E-state index in [1.54, 1.807) is 0 Å². The average Bonchev–Trinajstić information content (AvgIpc) is 2.83. The molecule has 0 bridgehead atoms. The first-order valence-electron chi connectivity index (χ1n) is 9.56. The standard InChI is InChI=1S/C20H36O3/c1-6-23-18(22)11-13-19(3,4)14(2)15-9-10-16-17(21)8-7-12-20(15,16)5/h14-17,21H,6-13H2,1-5H3/t14-,15+,16-,17-,20+/m0/s1. The van der Waals surface area contributed by atoms with Gasteiger partial charge in [-0.1, -0.05) is 34.1 Å². The topological polar surface area (TPSA) is 46.5 Å². The van der Waals surface area contributed by atoms with Crippen LogP contribution in [0.2, 0.25) is 0 Å². The molecule has 134 valence electrons. The Balaban J connectivity index is 2.03. The number of hydrogen-bond acceptors (Lipinski definition) is 3. The van der Waals surface area contributed by atoms with Crippen molar-refractivity contribution in [3.05, 3.63) is 0 Å². The summed E-state index contributed by atoms with van der Waals surface area (Å²) in [5.74, 6) is 1.61. The van der Waals surface area contributed by atoms with Crippen molar-refractivity contribution >= 4 is 5.97 Å². The number of esters is 1. The Morgan fingerprint density at radius 2 is 2.04 bits per heavy atom. The van der Waals surface area contributed by atoms with Crippen LogP contribution in [0.25, 0.3) is 0 Å². The van der Waals surface area contributed by atoms with Gasteiger partial charge < -0.3 is 9.84 Å². The highest BCUT2D eigenvalue weighted by Crippen LogP contribution is 2.60. The van der Waals surface area contributed by atoms with Gasteiger partial charge in [-0.25, -0.2) is 0 Å². The molecule has 5 atom stereocenters. The van der Waals surface area contributed by atoms with Gasteiger partial charge in [0.1, 0.15) is 0 Å². The zero-order chi connectivity index (χ0) is 17.3. The Morgan fingerprint density at radius 1 is 1.35 bits per heavy atom. The molecule has 3 nitrogen and oxygen atoms in total. The Kier molecular flexibility index (Phi) is 5.81. The van der Waals surface area contributed by atoms with Crippen molar-refractivity contribution in [2.75, 3.05) is 6.61 Å². The summed E-state index contributed by atoms with van der Waals surface area (Å²) in [6.07, 6.45) is 7.07. The molecule has 0 unspecified atom stereocenters. The highest BCUT2D eigenvalue weighted by Gasteiger charge is 2.54.